The van der Waals surface area contributed by atoms with Crippen LogP contribution in [0.2, 0.25) is 0 Å². The molecule has 0 aromatic heterocycles. The molecule has 5 nitrogen and oxygen atoms in total. The summed E-state index contributed by atoms with van der Waals surface area (Å²) in [7, 11) is 0. The molecule has 0 fully saturated rings. The molecule has 0 unspecified atom stereocenters. The van der Waals surface area contributed by atoms with Gasteiger partial charge in [-0.2, -0.15) is 0 Å². The molecule has 0 heterocycles. The Morgan fingerprint density at radius 1 is 1.15 bits per heavy atom. The third-order valence-corrected chi connectivity index (χ3v) is 2.23. The second-order valence-corrected chi connectivity index (χ2v) is 5.28. The monoisotopic (exact) mass is 279 g/mol. The van der Waals surface area contributed by atoms with Crippen LogP contribution in [0.15, 0.2) is 30.3 Å². The first kappa shape index (κ1) is 16.0. The zero-order chi connectivity index (χ0) is 15.0. The van der Waals surface area contributed by atoms with Crippen molar-refractivity contribution in [3.05, 3.63) is 35.9 Å². The lowest BCUT2D eigenvalue weighted by molar-refractivity contribution is 0.0483. The van der Waals surface area contributed by atoms with Crippen molar-refractivity contribution in [3.63, 3.8) is 0 Å². The first-order valence-corrected chi connectivity index (χ1v) is 6.57. The van der Waals surface area contributed by atoms with Crippen molar-refractivity contribution >= 4 is 12.1 Å². The second-order valence-electron chi connectivity index (χ2n) is 5.28. The van der Waals surface area contributed by atoms with Gasteiger partial charge in [-0.05, 0) is 39.3 Å². The topological polar surface area (TPSA) is 64.6 Å². The van der Waals surface area contributed by atoms with E-state index in [0.29, 0.717) is 18.5 Å². The smallest absolute Gasteiger partial charge is 0.407 e. The average molecular weight is 279 g/mol. The van der Waals surface area contributed by atoms with Gasteiger partial charge in [0.15, 0.2) is 0 Å². The summed E-state index contributed by atoms with van der Waals surface area (Å²) >= 11 is 0. The van der Waals surface area contributed by atoms with E-state index in [0.717, 1.165) is 0 Å². The standard InChI is InChI=1S/C15H21NO4/c1-15(2,3)20-14(18)16-10-7-11-19-13(17)12-8-5-4-6-9-12/h4-6,8-9H,7,10-11H2,1-3H3,(H,16,18). The normalized spacial score (nSPS) is 10.8. The van der Waals surface area contributed by atoms with Crippen LogP contribution in [0.5, 0.6) is 0 Å². The van der Waals surface area contributed by atoms with Gasteiger partial charge in [0.1, 0.15) is 5.60 Å². The summed E-state index contributed by atoms with van der Waals surface area (Å²) in [5, 5.41) is 2.60. The van der Waals surface area contributed by atoms with Crippen LogP contribution >= 0.6 is 0 Å². The van der Waals surface area contributed by atoms with Crippen LogP contribution in [0.25, 0.3) is 0 Å². The lowest BCUT2D eigenvalue weighted by atomic mass is 10.2. The molecule has 0 bridgehead atoms. The van der Waals surface area contributed by atoms with E-state index in [2.05, 4.69) is 5.32 Å². The number of amides is 1. The molecular formula is C15H21NO4. The Morgan fingerprint density at radius 2 is 1.80 bits per heavy atom. The fourth-order valence-electron chi connectivity index (χ4n) is 1.40. The molecule has 0 aliphatic carbocycles. The van der Waals surface area contributed by atoms with Crippen molar-refractivity contribution in [1.29, 1.82) is 0 Å². The molecular weight excluding hydrogens is 258 g/mol. The van der Waals surface area contributed by atoms with Gasteiger partial charge in [-0.3, -0.25) is 0 Å². The van der Waals surface area contributed by atoms with E-state index in [9.17, 15) is 9.59 Å². The molecule has 5 heteroatoms. The summed E-state index contributed by atoms with van der Waals surface area (Å²) in [5.74, 6) is -0.358. The predicted octanol–water partition coefficient (Wildman–Crippen LogP) is 2.76. The van der Waals surface area contributed by atoms with Gasteiger partial charge in [-0.15, -0.1) is 0 Å². The molecule has 0 aliphatic rings. The SMILES string of the molecule is CC(C)(C)OC(=O)NCCCOC(=O)c1ccccc1. The number of hydrogen-bond acceptors (Lipinski definition) is 4. The minimum Gasteiger partial charge on any atom is -0.462 e. The van der Waals surface area contributed by atoms with Crippen LogP contribution in [0.1, 0.15) is 37.6 Å². The molecule has 1 aromatic carbocycles. The number of carbonyl (C=O) groups excluding carboxylic acids is 2. The van der Waals surface area contributed by atoms with Crippen molar-refractivity contribution in [2.24, 2.45) is 0 Å². The zero-order valence-corrected chi connectivity index (χ0v) is 12.1. The Kier molecular flexibility index (Phi) is 6.03. The van der Waals surface area contributed by atoms with Gasteiger partial charge >= 0.3 is 12.1 Å². The first-order chi connectivity index (χ1) is 9.38. The lowest BCUT2D eigenvalue weighted by Crippen LogP contribution is -2.33. The molecule has 1 amide bonds. The number of benzene rings is 1. The predicted molar refractivity (Wildman–Crippen MR) is 75.6 cm³/mol. The number of rotatable bonds is 5. The molecule has 0 atom stereocenters. The van der Waals surface area contributed by atoms with Gasteiger partial charge in [-0.1, -0.05) is 18.2 Å². The summed E-state index contributed by atoms with van der Waals surface area (Å²) in [6.45, 7) is 6.05. The number of nitrogens with one attached hydrogen (secondary N) is 1. The van der Waals surface area contributed by atoms with Crippen LogP contribution in [0, 0.1) is 0 Å². The largest absolute Gasteiger partial charge is 0.462 e. The maximum Gasteiger partial charge on any atom is 0.407 e. The molecule has 1 N–H and O–H groups in total. The molecule has 110 valence electrons. The molecule has 20 heavy (non-hydrogen) atoms. The summed E-state index contributed by atoms with van der Waals surface area (Å²) in [6.07, 6.45) is 0.0737. The molecule has 0 spiro atoms. The molecule has 1 aromatic rings. The quantitative estimate of drug-likeness (QED) is 0.665. The summed E-state index contributed by atoms with van der Waals surface area (Å²) in [4.78, 5) is 22.9. The number of ether oxygens (including phenoxy) is 2. The van der Waals surface area contributed by atoms with Crippen molar-refractivity contribution in [2.75, 3.05) is 13.2 Å². The molecule has 1 rings (SSSR count). The van der Waals surface area contributed by atoms with E-state index in [-0.39, 0.29) is 12.6 Å². The fourth-order valence-corrected chi connectivity index (χ4v) is 1.40. The van der Waals surface area contributed by atoms with Crippen molar-refractivity contribution < 1.29 is 19.1 Å². The number of alkyl carbamates (subject to hydrolysis) is 1. The maximum atomic E-state index is 11.6. The van der Waals surface area contributed by atoms with E-state index in [1.807, 2.05) is 6.07 Å². The van der Waals surface area contributed by atoms with Gasteiger partial charge < -0.3 is 14.8 Å². The van der Waals surface area contributed by atoms with E-state index in [4.69, 9.17) is 9.47 Å². The van der Waals surface area contributed by atoms with Gasteiger partial charge in [0.05, 0.1) is 12.2 Å². The number of carbonyl (C=O) groups is 2. The van der Waals surface area contributed by atoms with E-state index in [1.165, 1.54) is 0 Å². The Bertz CT molecular complexity index is 437. The highest BCUT2D eigenvalue weighted by molar-refractivity contribution is 5.89. The number of hydrogen-bond donors (Lipinski definition) is 1. The third-order valence-electron chi connectivity index (χ3n) is 2.23. The van der Waals surface area contributed by atoms with Crippen LogP contribution < -0.4 is 5.32 Å². The van der Waals surface area contributed by atoms with Crippen LogP contribution in [-0.2, 0) is 9.47 Å². The number of esters is 1. The Hall–Kier alpha value is -2.04. The Labute approximate surface area is 119 Å². The minimum absolute atomic E-state index is 0.253. The maximum absolute atomic E-state index is 11.6. The molecule has 0 aliphatic heterocycles. The van der Waals surface area contributed by atoms with Gasteiger partial charge in [0.25, 0.3) is 0 Å². The van der Waals surface area contributed by atoms with Crippen LogP contribution in [0.4, 0.5) is 4.79 Å². The van der Waals surface area contributed by atoms with Gasteiger partial charge in [-0.25, -0.2) is 9.59 Å². The lowest BCUT2D eigenvalue weighted by Gasteiger charge is -2.19. The first-order valence-electron chi connectivity index (χ1n) is 6.57. The highest BCUT2D eigenvalue weighted by Crippen LogP contribution is 2.06. The molecule has 0 saturated carbocycles. The van der Waals surface area contributed by atoms with E-state index >= 15 is 0 Å². The van der Waals surface area contributed by atoms with Crippen LogP contribution in [0.3, 0.4) is 0 Å². The van der Waals surface area contributed by atoms with Crippen molar-refractivity contribution in [1.82, 2.24) is 5.32 Å². The minimum atomic E-state index is -0.510. The summed E-state index contributed by atoms with van der Waals surface area (Å²) in [6, 6.07) is 8.78. The summed E-state index contributed by atoms with van der Waals surface area (Å²) < 4.78 is 10.2. The summed E-state index contributed by atoms with van der Waals surface area (Å²) in [5.41, 5.74) is 0.0109. The second kappa shape index (κ2) is 7.53. The van der Waals surface area contributed by atoms with Gasteiger partial charge in [0.2, 0.25) is 0 Å². The highest BCUT2D eigenvalue weighted by atomic mass is 16.6. The molecule has 0 radical (unpaired) electrons. The Morgan fingerprint density at radius 3 is 2.40 bits per heavy atom. The highest BCUT2D eigenvalue weighted by Gasteiger charge is 2.15. The fraction of sp³-hybridized carbons (Fsp3) is 0.467. The third kappa shape index (κ3) is 6.78. The van der Waals surface area contributed by atoms with Gasteiger partial charge in [0, 0.05) is 6.54 Å². The van der Waals surface area contributed by atoms with Crippen molar-refractivity contribution in [2.45, 2.75) is 32.8 Å². The Balaban J connectivity index is 2.14. The van der Waals surface area contributed by atoms with Crippen LogP contribution in [-0.4, -0.2) is 30.8 Å². The van der Waals surface area contributed by atoms with E-state index in [1.54, 1.807) is 45.0 Å². The zero-order valence-electron chi connectivity index (χ0n) is 12.1. The average Bonchev–Trinajstić information content (AvgIpc) is 2.37. The van der Waals surface area contributed by atoms with Crippen molar-refractivity contribution in [3.8, 4) is 0 Å². The van der Waals surface area contributed by atoms with E-state index < -0.39 is 11.7 Å². The molecule has 0 saturated heterocycles.